The largest absolute Gasteiger partial charge is 0.357 e. The lowest BCUT2D eigenvalue weighted by molar-refractivity contribution is -0.116. The first-order chi connectivity index (χ1) is 12.7. The van der Waals surface area contributed by atoms with E-state index in [1.54, 1.807) is 0 Å². The predicted molar refractivity (Wildman–Crippen MR) is 108 cm³/mol. The van der Waals surface area contributed by atoms with Gasteiger partial charge in [-0.3, -0.25) is 4.79 Å². The minimum absolute atomic E-state index is 0.0563. The number of carbonyl (C=O) groups is 1. The molecule has 0 aliphatic carbocycles. The molecule has 0 bridgehead atoms. The highest BCUT2D eigenvalue weighted by Crippen LogP contribution is 2.10. The average molecular weight is 352 g/mol. The van der Waals surface area contributed by atoms with Crippen molar-refractivity contribution < 1.29 is 4.79 Å². The fourth-order valence-corrected chi connectivity index (χ4v) is 2.44. The van der Waals surface area contributed by atoms with Gasteiger partial charge in [-0.15, -0.1) is 0 Å². The highest BCUT2D eigenvalue weighted by Gasteiger charge is 2.02. The van der Waals surface area contributed by atoms with Crippen LogP contribution in [0.4, 0.5) is 5.69 Å². The normalized spacial score (nSPS) is 11.1. The summed E-state index contributed by atoms with van der Waals surface area (Å²) in [5.74, 6) is 0.845. The first-order valence-electron chi connectivity index (χ1n) is 9.16. The van der Waals surface area contributed by atoms with Crippen LogP contribution in [0.1, 0.15) is 37.8 Å². The van der Waals surface area contributed by atoms with Gasteiger partial charge in [0.15, 0.2) is 5.96 Å². The lowest BCUT2D eigenvalue weighted by Gasteiger charge is -2.12. The van der Waals surface area contributed by atoms with Crippen molar-refractivity contribution in [2.24, 2.45) is 4.99 Å². The zero-order chi connectivity index (χ0) is 18.6. The minimum atomic E-state index is 0.0563. The van der Waals surface area contributed by atoms with Crippen LogP contribution in [0.25, 0.3) is 0 Å². The molecule has 0 spiro atoms. The summed E-state index contributed by atoms with van der Waals surface area (Å²) in [6, 6.07) is 18.1. The molecule has 3 N–H and O–H groups in total. The summed E-state index contributed by atoms with van der Waals surface area (Å²) in [7, 11) is 0. The van der Waals surface area contributed by atoms with Crippen LogP contribution in [0.15, 0.2) is 59.6 Å². The molecule has 0 atom stereocenters. The zero-order valence-electron chi connectivity index (χ0n) is 15.6. The van der Waals surface area contributed by atoms with Gasteiger partial charge in [0, 0.05) is 25.2 Å². The van der Waals surface area contributed by atoms with E-state index in [1.807, 2.05) is 56.3 Å². The number of anilines is 1. The molecule has 0 saturated carbocycles. The summed E-state index contributed by atoms with van der Waals surface area (Å²) < 4.78 is 0. The van der Waals surface area contributed by atoms with Crippen molar-refractivity contribution in [3.8, 4) is 0 Å². The molecule has 1 amide bonds. The van der Waals surface area contributed by atoms with Crippen LogP contribution in [0.2, 0.25) is 0 Å². The Bertz CT molecular complexity index is 696. The van der Waals surface area contributed by atoms with Crippen LogP contribution in [-0.2, 0) is 17.9 Å². The van der Waals surface area contributed by atoms with Gasteiger partial charge >= 0.3 is 0 Å². The number of nitrogens with one attached hydrogen (secondary N) is 3. The summed E-state index contributed by atoms with van der Waals surface area (Å²) in [5.41, 5.74) is 3.14. The van der Waals surface area contributed by atoms with E-state index in [1.165, 1.54) is 5.56 Å². The number of guanidine groups is 1. The van der Waals surface area contributed by atoms with Crippen molar-refractivity contribution in [1.82, 2.24) is 10.6 Å². The second kappa shape index (κ2) is 10.9. The number of aliphatic imine (C=N–C) groups is 1. The van der Waals surface area contributed by atoms with E-state index < -0.39 is 0 Å². The van der Waals surface area contributed by atoms with E-state index in [2.05, 4.69) is 33.1 Å². The van der Waals surface area contributed by atoms with E-state index in [0.29, 0.717) is 19.5 Å². The Morgan fingerprint density at radius 2 is 1.65 bits per heavy atom. The van der Waals surface area contributed by atoms with Gasteiger partial charge in [0.1, 0.15) is 0 Å². The molecule has 5 nitrogen and oxygen atoms in total. The smallest absolute Gasteiger partial charge is 0.224 e. The van der Waals surface area contributed by atoms with Crippen molar-refractivity contribution in [2.45, 2.75) is 39.8 Å². The van der Waals surface area contributed by atoms with Crippen molar-refractivity contribution in [3.05, 3.63) is 65.7 Å². The maximum atomic E-state index is 11.6. The van der Waals surface area contributed by atoms with Gasteiger partial charge in [0.25, 0.3) is 0 Å². The van der Waals surface area contributed by atoms with E-state index in [9.17, 15) is 4.79 Å². The number of nitrogens with zero attached hydrogens (tertiary/aromatic N) is 1. The molecule has 0 aliphatic rings. The summed E-state index contributed by atoms with van der Waals surface area (Å²) in [4.78, 5) is 16.2. The Kier molecular flexibility index (Phi) is 8.19. The molecule has 0 unspecified atom stereocenters. The molecular weight excluding hydrogens is 324 g/mol. The Hall–Kier alpha value is -2.82. The van der Waals surface area contributed by atoms with Crippen LogP contribution in [-0.4, -0.2) is 18.4 Å². The fourth-order valence-electron chi connectivity index (χ4n) is 2.44. The van der Waals surface area contributed by atoms with E-state index in [-0.39, 0.29) is 5.91 Å². The predicted octanol–water partition coefficient (Wildman–Crippen LogP) is 3.68. The Morgan fingerprint density at radius 3 is 2.31 bits per heavy atom. The van der Waals surface area contributed by atoms with Gasteiger partial charge in [-0.2, -0.15) is 0 Å². The van der Waals surface area contributed by atoms with Crippen LogP contribution in [0.3, 0.4) is 0 Å². The van der Waals surface area contributed by atoms with E-state index in [4.69, 9.17) is 0 Å². The molecule has 26 heavy (non-hydrogen) atoms. The first-order valence-corrected chi connectivity index (χ1v) is 9.16. The molecule has 2 aromatic rings. The van der Waals surface area contributed by atoms with E-state index >= 15 is 0 Å². The molecule has 2 rings (SSSR count). The molecular formula is C21H28N4O. The van der Waals surface area contributed by atoms with Crippen molar-refractivity contribution >= 4 is 17.6 Å². The van der Waals surface area contributed by atoms with Gasteiger partial charge in [-0.1, -0.05) is 49.4 Å². The maximum absolute atomic E-state index is 11.6. The highest BCUT2D eigenvalue weighted by atomic mass is 16.1. The third kappa shape index (κ3) is 6.97. The molecule has 2 aromatic carbocycles. The lowest BCUT2D eigenvalue weighted by atomic mass is 10.2. The summed E-state index contributed by atoms with van der Waals surface area (Å²) >= 11 is 0. The Balaban J connectivity index is 1.88. The number of hydrogen-bond acceptors (Lipinski definition) is 2. The SMILES string of the molecule is CCCC(=O)Nc1ccc(CNC(=NCc2ccccc2)NCC)cc1. The monoisotopic (exact) mass is 352 g/mol. The summed E-state index contributed by atoms with van der Waals surface area (Å²) in [6.45, 7) is 6.16. The van der Waals surface area contributed by atoms with Crippen LogP contribution in [0.5, 0.6) is 0 Å². The lowest BCUT2D eigenvalue weighted by Crippen LogP contribution is -2.36. The molecule has 5 heteroatoms. The third-order valence-corrected chi connectivity index (χ3v) is 3.78. The van der Waals surface area contributed by atoms with Crippen LogP contribution < -0.4 is 16.0 Å². The zero-order valence-corrected chi connectivity index (χ0v) is 15.6. The minimum Gasteiger partial charge on any atom is -0.357 e. The Labute approximate surface area is 155 Å². The quantitative estimate of drug-likeness (QED) is 0.501. The number of carbonyl (C=O) groups excluding carboxylic acids is 1. The van der Waals surface area contributed by atoms with Crippen LogP contribution >= 0.6 is 0 Å². The second-order valence-corrected chi connectivity index (χ2v) is 6.03. The fraction of sp³-hybridized carbons (Fsp3) is 0.333. The number of benzene rings is 2. The third-order valence-electron chi connectivity index (χ3n) is 3.78. The van der Waals surface area contributed by atoms with Gasteiger partial charge in [-0.05, 0) is 36.6 Å². The Morgan fingerprint density at radius 1 is 0.923 bits per heavy atom. The molecule has 0 radical (unpaired) electrons. The van der Waals surface area contributed by atoms with Gasteiger partial charge in [0.2, 0.25) is 5.91 Å². The maximum Gasteiger partial charge on any atom is 0.224 e. The van der Waals surface area contributed by atoms with Gasteiger partial charge in [-0.25, -0.2) is 4.99 Å². The van der Waals surface area contributed by atoms with E-state index in [0.717, 1.165) is 30.2 Å². The molecule has 0 heterocycles. The topological polar surface area (TPSA) is 65.5 Å². The molecule has 138 valence electrons. The molecule has 0 aromatic heterocycles. The van der Waals surface area contributed by atoms with Gasteiger partial charge < -0.3 is 16.0 Å². The number of amides is 1. The second-order valence-electron chi connectivity index (χ2n) is 6.03. The highest BCUT2D eigenvalue weighted by molar-refractivity contribution is 5.90. The first kappa shape index (κ1) is 19.5. The molecule has 0 aliphatic heterocycles. The standard InChI is InChI=1S/C21H28N4O/c1-3-8-20(26)25-19-13-11-18(12-14-19)16-24-21(22-4-2)23-15-17-9-6-5-7-10-17/h5-7,9-14H,3-4,8,15-16H2,1-2H3,(H,25,26)(H2,22,23,24). The van der Waals surface area contributed by atoms with Crippen molar-refractivity contribution in [2.75, 3.05) is 11.9 Å². The summed E-state index contributed by atoms with van der Waals surface area (Å²) in [6.07, 6.45) is 1.40. The van der Waals surface area contributed by atoms with Crippen molar-refractivity contribution in [1.29, 1.82) is 0 Å². The number of hydrogen-bond donors (Lipinski definition) is 3. The number of rotatable bonds is 8. The van der Waals surface area contributed by atoms with Crippen molar-refractivity contribution in [3.63, 3.8) is 0 Å². The summed E-state index contributed by atoms with van der Waals surface area (Å²) in [5, 5.41) is 9.49. The molecule has 0 saturated heterocycles. The average Bonchev–Trinajstić information content (AvgIpc) is 2.66. The van der Waals surface area contributed by atoms with Crippen LogP contribution in [0, 0.1) is 0 Å². The van der Waals surface area contributed by atoms with Gasteiger partial charge in [0.05, 0.1) is 6.54 Å². The molecule has 0 fully saturated rings.